The molecular weight excluding hydrogens is 184 g/mol. The molecule has 0 saturated carbocycles. The minimum atomic E-state index is 0.731. The van der Waals surface area contributed by atoms with E-state index in [-0.39, 0.29) is 0 Å². The SMILES string of the molecule is Clc1ccc(N2[C]=[C]N=CC2)cc1. The summed E-state index contributed by atoms with van der Waals surface area (Å²) >= 11 is 5.77. The fraction of sp³-hybridized carbons (Fsp3) is 0.100. The van der Waals surface area contributed by atoms with Gasteiger partial charge in [-0.2, -0.15) is 0 Å². The van der Waals surface area contributed by atoms with E-state index in [1.54, 1.807) is 6.21 Å². The monoisotopic (exact) mass is 190 g/mol. The zero-order valence-corrected chi connectivity index (χ0v) is 7.62. The second kappa shape index (κ2) is 3.62. The van der Waals surface area contributed by atoms with E-state index in [1.165, 1.54) is 0 Å². The van der Waals surface area contributed by atoms with Crippen molar-refractivity contribution >= 4 is 23.5 Å². The number of halogens is 1. The van der Waals surface area contributed by atoms with Crippen LogP contribution in [0.4, 0.5) is 5.69 Å². The highest BCUT2D eigenvalue weighted by Crippen LogP contribution is 2.18. The van der Waals surface area contributed by atoms with Gasteiger partial charge in [0.1, 0.15) is 6.20 Å². The van der Waals surface area contributed by atoms with Crippen molar-refractivity contribution in [3.8, 4) is 0 Å². The van der Waals surface area contributed by atoms with Crippen LogP contribution in [0.2, 0.25) is 5.02 Å². The standard InChI is InChI=1S/C10H7ClN2/c11-9-1-3-10(4-2-9)13-7-5-12-6-8-13/h1-5H,7H2. The van der Waals surface area contributed by atoms with Gasteiger partial charge in [-0.15, -0.1) is 0 Å². The topological polar surface area (TPSA) is 15.6 Å². The lowest BCUT2D eigenvalue weighted by atomic mass is 10.3. The number of nitrogens with zero attached hydrogens (tertiary/aromatic N) is 2. The van der Waals surface area contributed by atoms with Crippen molar-refractivity contribution in [1.29, 1.82) is 0 Å². The Morgan fingerprint density at radius 3 is 2.69 bits per heavy atom. The van der Waals surface area contributed by atoms with Crippen LogP contribution in [0.1, 0.15) is 0 Å². The van der Waals surface area contributed by atoms with Crippen molar-refractivity contribution in [2.75, 3.05) is 11.4 Å². The zero-order chi connectivity index (χ0) is 9.10. The minimum Gasteiger partial charge on any atom is -0.332 e. The fourth-order valence-corrected chi connectivity index (χ4v) is 1.22. The molecule has 1 heterocycles. The normalized spacial score (nSPS) is 15.0. The number of hydrogen-bond donors (Lipinski definition) is 0. The Kier molecular flexibility index (Phi) is 2.32. The maximum Gasteiger partial charge on any atom is 0.116 e. The molecule has 0 unspecified atom stereocenters. The molecule has 2 radical (unpaired) electrons. The molecule has 1 aliphatic rings. The first-order chi connectivity index (χ1) is 6.36. The van der Waals surface area contributed by atoms with Crippen LogP contribution in [0.3, 0.4) is 0 Å². The summed E-state index contributed by atoms with van der Waals surface area (Å²) in [5.74, 6) is 0. The lowest BCUT2D eigenvalue weighted by Gasteiger charge is -2.18. The lowest BCUT2D eigenvalue weighted by molar-refractivity contribution is 1.06. The molecule has 1 aliphatic heterocycles. The maximum atomic E-state index is 5.77. The van der Waals surface area contributed by atoms with Crippen molar-refractivity contribution in [3.63, 3.8) is 0 Å². The minimum absolute atomic E-state index is 0.731. The highest BCUT2D eigenvalue weighted by atomic mass is 35.5. The number of benzene rings is 1. The van der Waals surface area contributed by atoms with Gasteiger partial charge in [0.25, 0.3) is 0 Å². The quantitative estimate of drug-likeness (QED) is 0.664. The summed E-state index contributed by atoms with van der Waals surface area (Å²) < 4.78 is 0. The van der Waals surface area contributed by atoms with Gasteiger partial charge >= 0.3 is 0 Å². The molecule has 0 spiro atoms. The van der Waals surface area contributed by atoms with Gasteiger partial charge < -0.3 is 4.90 Å². The molecule has 2 rings (SSSR count). The number of aliphatic imine (C=N–C) groups is 1. The van der Waals surface area contributed by atoms with Crippen molar-refractivity contribution in [2.24, 2.45) is 4.99 Å². The zero-order valence-electron chi connectivity index (χ0n) is 6.87. The number of rotatable bonds is 1. The lowest BCUT2D eigenvalue weighted by Crippen LogP contribution is -2.20. The highest BCUT2D eigenvalue weighted by molar-refractivity contribution is 6.30. The van der Waals surface area contributed by atoms with Crippen LogP contribution < -0.4 is 4.90 Å². The first kappa shape index (κ1) is 8.32. The number of hydrogen-bond acceptors (Lipinski definition) is 2. The van der Waals surface area contributed by atoms with Gasteiger partial charge in [0.05, 0.1) is 12.7 Å². The maximum absolute atomic E-state index is 5.77. The molecule has 0 N–H and O–H groups in total. The Morgan fingerprint density at radius 2 is 2.08 bits per heavy atom. The molecule has 0 amide bonds. The summed E-state index contributed by atoms with van der Waals surface area (Å²) in [6.45, 7) is 0.731. The molecule has 0 aromatic heterocycles. The number of anilines is 1. The van der Waals surface area contributed by atoms with E-state index in [4.69, 9.17) is 11.6 Å². The third-order valence-corrected chi connectivity index (χ3v) is 2.00. The van der Waals surface area contributed by atoms with Crippen LogP contribution in [0.5, 0.6) is 0 Å². The summed E-state index contributed by atoms with van der Waals surface area (Å²) in [4.78, 5) is 5.74. The Morgan fingerprint density at radius 1 is 1.31 bits per heavy atom. The van der Waals surface area contributed by atoms with E-state index in [0.717, 1.165) is 17.3 Å². The van der Waals surface area contributed by atoms with E-state index in [2.05, 4.69) is 17.4 Å². The molecule has 0 aliphatic carbocycles. The molecule has 13 heavy (non-hydrogen) atoms. The molecule has 1 aromatic carbocycles. The summed E-state index contributed by atoms with van der Waals surface area (Å²) in [6, 6.07) is 7.58. The average Bonchev–Trinajstić information content (AvgIpc) is 2.20. The van der Waals surface area contributed by atoms with Gasteiger partial charge in [0.15, 0.2) is 0 Å². The summed E-state index contributed by atoms with van der Waals surface area (Å²) in [5, 5.41) is 0.738. The van der Waals surface area contributed by atoms with Crippen LogP contribution in [0.25, 0.3) is 0 Å². The average molecular weight is 191 g/mol. The van der Waals surface area contributed by atoms with Crippen LogP contribution in [-0.2, 0) is 0 Å². The highest BCUT2D eigenvalue weighted by Gasteiger charge is 2.03. The summed E-state index contributed by atoms with van der Waals surface area (Å²) in [7, 11) is 0. The smallest absolute Gasteiger partial charge is 0.116 e. The first-order valence-electron chi connectivity index (χ1n) is 3.91. The molecule has 1 aromatic rings. The van der Waals surface area contributed by atoms with Crippen molar-refractivity contribution < 1.29 is 0 Å². The molecule has 0 atom stereocenters. The van der Waals surface area contributed by atoms with Gasteiger partial charge in [-0.3, -0.25) is 4.99 Å². The van der Waals surface area contributed by atoms with Gasteiger partial charge in [-0.25, -0.2) is 0 Å². The van der Waals surface area contributed by atoms with Gasteiger partial charge in [-0.05, 0) is 24.3 Å². The molecule has 0 bridgehead atoms. The van der Waals surface area contributed by atoms with Crippen LogP contribution in [0.15, 0.2) is 29.3 Å². The fourth-order valence-electron chi connectivity index (χ4n) is 1.09. The Balaban J connectivity index is 2.21. The van der Waals surface area contributed by atoms with Crippen molar-refractivity contribution in [2.45, 2.75) is 0 Å². The Labute approximate surface area is 82.2 Å². The second-order valence-electron chi connectivity index (χ2n) is 2.62. The van der Waals surface area contributed by atoms with Crippen LogP contribution in [0, 0.1) is 12.4 Å². The molecule has 0 saturated heterocycles. The van der Waals surface area contributed by atoms with Crippen LogP contribution >= 0.6 is 11.6 Å². The summed E-state index contributed by atoms with van der Waals surface area (Å²) in [6.07, 6.45) is 7.34. The largest absolute Gasteiger partial charge is 0.332 e. The molecule has 2 nitrogen and oxygen atoms in total. The Hall–Kier alpha value is -1.28. The molecule has 3 heteroatoms. The molecular formula is C10H7ClN2. The molecule has 64 valence electrons. The van der Waals surface area contributed by atoms with Crippen molar-refractivity contribution in [3.05, 3.63) is 41.7 Å². The van der Waals surface area contributed by atoms with Gasteiger partial charge in [0.2, 0.25) is 0 Å². The van der Waals surface area contributed by atoms with E-state index >= 15 is 0 Å². The predicted molar refractivity (Wildman–Crippen MR) is 53.8 cm³/mol. The molecule has 0 fully saturated rings. The van der Waals surface area contributed by atoms with E-state index in [1.807, 2.05) is 29.2 Å². The van der Waals surface area contributed by atoms with Gasteiger partial charge in [0, 0.05) is 16.9 Å². The van der Waals surface area contributed by atoms with E-state index in [0.29, 0.717) is 0 Å². The van der Waals surface area contributed by atoms with E-state index in [9.17, 15) is 0 Å². The predicted octanol–water partition coefficient (Wildman–Crippen LogP) is 2.31. The van der Waals surface area contributed by atoms with Crippen LogP contribution in [-0.4, -0.2) is 12.8 Å². The summed E-state index contributed by atoms with van der Waals surface area (Å²) in [5.41, 5.74) is 1.04. The van der Waals surface area contributed by atoms with Gasteiger partial charge in [-0.1, -0.05) is 11.6 Å². The van der Waals surface area contributed by atoms with Crippen molar-refractivity contribution in [1.82, 2.24) is 0 Å². The third kappa shape index (κ3) is 1.90. The third-order valence-electron chi connectivity index (χ3n) is 1.74. The first-order valence-corrected chi connectivity index (χ1v) is 4.29. The second-order valence-corrected chi connectivity index (χ2v) is 3.06. The Bertz CT molecular complexity index is 340. The van der Waals surface area contributed by atoms with E-state index < -0.39 is 0 Å².